The number of carbonyl (C=O) groups excluding carboxylic acids is 1. The smallest absolute Gasteiger partial charge is 0.208 e. The number of benzene rings is 1. The van der Waals surface area contributed by atoms with Crippen molar-refractivity contribution in [2.75, 3.05) is 0 Å². The summed E-state index contributed by atoms with van der Waals surface area (Å²) in [6.07, 6.45) is 0.657. The second kappa shape index (κ2) is 5.00. The molecule has 1 rings (SSSR count). The second-order valence-corrected chi connectivity index (χ2v) is 2.64. The van der Waals surface area contributed by atoms with Gasteiger partial charge >= 0.3 is 0 Å². The van der Waals surface area contributed by atoms with Gasteiger partial charge in [-0.2, -0.15) is 0 Å². The molecule has 0 aliphatic rings. The minimum Gasteiger partial charge on any atom is -0.345 e. The summed E-state index contributed by atoms with van der Waals surface area (Å²) in [4.78, 5) is 10.0. The first-order chi connectivity index (χ1) is 6.33. The summed E-state index contributed by atoms with van der Waals surface area (Å²) >= 11 is 0. The predicted molar refractivity (Wildman–Crippen MR) is 52.0 cm³/mol. The predicted octanol–water partition coefficient (Wildman–Crippen LogP) is 1.17. The molecule has 66 valence electrons. The Morgan fingerprint density at radius 1 is 1.38 bits per heavy atom. The zero-order chi connectivity index (χ0) is 9.52. The van der Waals surface area contributed by atoms with Crippen LogP contribution in [0.3, 0.4) is 0 Å². The minimum absolute atomic E-state index is 0.0993. The Balaban J connectivity index is 2.62. The molecule has 1 unspecified atom stereocenters. The van der Waals surface area contributed by atoms with Gasteiger partial charge in [-0.05, 0) is 19.1 Å². The Morgan fingerprint density at radius 3 is 2.69 bits per heavy atom. The van der Waals surface area contributed by atoms with E-state index in [9.17, 15) is 4.79 Å². The number of nitrogens with one attached hydrogen (secondary N) is 1. The van der Waals surface area contributed by atoms with Gasteiger partial charge in [0.05, 0.1) is 6.04 Å². The van der Waals surface area contributed by atoms with Crippen LogP contribution in [0.2, 0.25) is 0 Å². The van der Waals surface area contributed by atoms with Crippen molar-refractivity contribution in [2.24, 2.45) is 0 Å². The molecule has 0 radical (unpaired) electrons. The van der Waals surface area contributed by atoms with Crippen molar-refractivity contribution in [3.8, 4) is 11.8 Å². The van der Waals surface area contributed by atoms with Crippen LogP contribution in [0, 0.1) is 11.8 Å². The quantitative estimate of drug-likeness (QED) is 0.528. The number of amides is 1. The van der Waals surface area contributed by atoms with Crippen LogP contribution in [0.4, 0.5) is 0 Å². The van der Waals surface area contributed by atoms with Gasteiger partial charge in [0.15, 0.2) is 0 Å². The summed E-state index contributed by atoms with van der Waals surface area (Å²) < 4.78 is 0. The lowest BCUT2D eigenvalue weighted by atomic mass is 10.2. The molecule has 0 saturated carbocycles. The first-order valence-corrected chi connectivity index (χ1v) is 4.09. The highest BCUT2D eigenvalue weighted by Gasteiger charge is 1.90. The highest BCUT2D eigenvalue weighted by Crippen LogP contribution is 1.94. The average molecular weight is 173 g/mol. The maximum atomic E-state index is 10.0. The standard InChI is InChI=1S/C11H11NO/c1-10(12-9-13)7-8-11-5-3-2-4-6-11/h2-6,9-10H,1H3,(H,12,13). The van der Waals surface area contributed by atoms with Gasteiger partial charge < -0.3 is 5.32 Å². The monoisotopic (exact) mass is 173 g/mol. The third-order valence-electron chi connectivity index (χ3n) is 1.52. The molecule has 1 aromatic rings. The van der Waals surface area contributed by atoms with E-state index in [0.717, 1.165) is 5.56 Å². The van der Waals surface area contributed by atoms with E-state index in [1.54, 1.807) is 0 Å². The molecule has 0 aliphatic carbocycles. The molecular formula is C11H11NO. The maximum Gasteiger partial charge on any atom is 0.208 e. The van der Waals surface area contributed by atoms with Gasteiger partial charge in [0, 0.05) is 5.56 Å². The molecule has 2 heteroatoms. The molecule has 0 fully saturated rings. The minimum atomic E-state index is -0.0993. The van der Waals surface area contributed by atoms with Crippen LogP contribution in [-0.2, 0) is 4.79 Å². The fraction of sp³-hybridized carbons (Fsp3) is 0.182. The fourth-order valence-corrected chi connectivity index (χ4v) is 0.857. The Bertz CT molecular complexity index is 321. The average Bonchev–Trinajstić information content (AvgIpc) is 2.17. The molecule has 1 atom stereocenters. The van der Waals surface area contributed by atoms with Crippen LogP contribution in [0.1, 0.15) is 12.5 Å². The molecule has 0 bridgehead atoms. The zero-order valence-corrected chi connectivity index (χ0v) is 7.45. The van der Waals surface area contributed by atoms with E-state index >= 15 is 0 Å². The number of hydrogen-bond donors (Lipinski definition) is 1. The lowest BCUT2D eigenvalue weighted by molar-refractivity contribution is -0.109. The van der Waals surface area contributed by atoms with Gasteiger partial charge in [-0.3, -0.25) is 4.79 Å². The highest BCUT2D eigenvalue weighted by molar-refractivity contribution is 5.48. The van der Waals surface area contributed by atoms with Crippen molar-refractivity contribution in [3.63, 3.8) is 0 Å². The van der Waals surface area contributed by atoms with Gasteiger partial charge in [0.2, 0.25) is 6.41 Å². The van der Waals surface area contributed by atoms with Crippen LogP contribution >= 0.6 is 0 Å². The Labute approximate surface area is 78.0 Å². The topological polar surface area (TPSA) is 29.1 Å². The highest BCUT2D eigenvalue weighted by atomic mass is 16.1. The fourth-order valence-electron chi connectivity index (χ4n) is 0.857. The van der Waals surface area contributed by atoms with Crippen molar-refractivity contribution in [2.45, 2.75) is 13.0 Å². The van der Waals surface area contributed by atoms with Crippen LogP contribution in [-0.4, -0.2) is 12.5 Å². The summed E-state index contributed by atoms with van der Waals surface area (Å²) in [5.74, 6) is 5.87. The molecule has 1 aromatic carbocycles. The number of carbonyl (C=O) groups is 1. The van der Waals surface area contributed by atoms with Crippen LogP contribution in [0.5, 0.6) is 0 Å². The molecule has 0 spiro atoms. The van der Waals surface area contributed by atoms with Crippen molar-refractivity contribution in [3.05, 3.63) is 35.9 Å². The summed E-state index contributed by atoms with van der Waals surface area (Å²) in [6, 6.07) is 9.57. The molecule has 2 nitrogen and oxygen atoms in total. The third kappa shape index (κ3) is 3.44. The molecule has 1 amide bonds. The SMILES string of the molecule is CC(C#Cc1ccccc1)NC=O. The van der Waals surface area contributed by atoms with E-state index in [1.165, 1.54) is 0 Å². The van der Waals surface area contributed by atoms with Gasteiger partial charge in [-0.25, -0.2) is 0 Å². The van der Waals surface area contributed by atoms with Crippen molar-refractivity contribution in [1.82, 2.24) is 5.32 Å². The van der Waals surface area contributed by atoms with E-state index in [4.69, 9.17) is 0 Å². The summed E-state index contributed by atoms with van der Waals surface area (Å²) in [5, 5.41) is 2.56. The van der Waals surface area contributed by atoms with Gasteiger partial charge in [-0.15, -0.1) is 0 Å². The molecule has 0 aliphatic heterocycles. The molecule has 0 saturated heterocycles. The molecule has 13 heavy (non-hydrogen) atoms. The zero-order valence-electron chi connectivity index (χ0n) is 7.45. The van der Waals surface area contributed by atoms with Gasteiger partial charge in [-0.1, -0.05) is 30.0 Å². The van der Waals surface area contributed by atoms with E-state index in [1.807, 2.05) is 37.3 Å². The van der Waals surface area contributed by atoms with Crippen LogP contribution in [0.15, 0.2) is 30.3 Å². The Hall–Kier alpha value is -1.75. The first kappa shape index (κ1) is 9.34. The van der Waals surface area contributed by atoms with E-state index in [-0.39, 0.29) is 6.04 Å². The van der Waals surface area contributed by atoms with Crippen molar-refractivity contribution in [1.29, 1.82) is 0 Å². The summed E-state index contributed by atoms with van der Waals surface area (Å²) in [6.45, 7) is 1.84. The summed E-state index contributed by atoms with van der Waals surface area (Å²) in [5.41, 5.74) is 0.960. The van der Waals surface area contributed by atoms with Crippen molar-refractivity contribution >= 4 is 6.41 Å². The maximum absolute atomic E-state index is 10.0. The molecular weight excluding hydrogens is 162 g/mol. The number of hydrogen-bond acceptors (Lipinski definition) is 1. The Kier molecular flexibility index (Phi) is 3.59. The van der Waals surface area contributed by atoms with Gasteiger partial charge in [0.1, 0.15) is 0 Å². The lowest BCUT2D eigenvalue weighted by Gasteiger charge is -1.98. The van der Waals surface area contributed by atoms with Crippen LogP contribution in [0.25, 0.3) is 0 Å². The van der Waals surface area contributed by atoms with Gasteiger partial charge in [0.25, 0.3) is 0 Å². The first-order valence-electron chi connectivity index (χ1n) is 4.09. The Morgan fingerprint density at radius 2 is 2.08 bits per heavy atom. The van der Waals surface area contributed by atoms with E-state index < -0.39 is 0 Å². The number of rotatable bonds is 2. The van der Waals surface area contributed by atoms with Crippen molar-refractivity contribution < 1.29 is 4.79 Å². The molecule has 0 heterocycles. The largest absolute Gasteiger partial charge is 0.345 e. The lowest BCUT2D eigenvalue weighted by Crippen LogP contribution is -2.22. The van der Waals surface area contributed by atoms with Crippen LogP contribution < -0.4 is 5.32 Å². The van der Waals surface area contributed by atoms with E-state index in [0.29, 0.717) is 6.41 Å². The summed E-state index contributed by atoms with van der Waals surface area (Å²) in [7, 11) is 0. The normalized spacial score (nSPS) is 10.8. The molecule has 1 N–H and O–H groups in total. The van der Waals surface area contributed by atoms with E-state index in [2.05, 4.69) is 17.2 Å². The second-order valence-electron chi connectivity index (χ2n) is 2.64. The third-order valence-corrected chi connectivity index (χ3v) is 1.52. The molecule has 0 aromatic heterocycles.